The molecule has 0 saturated carbocycles. The fraction of sp³-hybridized carbons (Fsp3) is 0.455. The van der Waals surface area contributed by atoms with Crippen LogP contribution in [-0.2, 0) is 0 Å². The van der Waals surface area contributed by atoms with E-state index < -0.39 is 0 Å². The molecule has 4 heteroatoms. The third-order valence-corrected chi connectivity index (χ3v) is 2.13. The molecule has 0 aromatic heterocycles. The van der Waals surface area contributed by atoms with Crippen molar-refractivity contribution in [3.05, 3.63) is 18.2 Å². The summed E-state index contributed by atoms with van der Waals surface area (Å²) in [4.78, 5) is 2.13. The van der Waals surface area contributed by atoms with Gasteiger partial charge in [0.1, 0.15) is 5.75 Å². The van der Waals surface area contributed by atoms with Gasteiger partial charge in [-0.25, -0.2) is 0 Å². The first kappa shape index (κ1) is 11.7. The Morgan fingerprint density at radius 2 is 2.13 bits per heavy atom. The maximum absolute atomic E-state index is 9.28. The van der Waals surface area contributed by atoms with E-state index in [0.717, 1.165) is 25.2 Å². The Labute approximate surface area is 90.7 Å². The van der Waals surface area contributed by atoms with Gasteiger partial charge in [-0.1, -0.05) is 0 Å². The lowest BCUT2D eigenvalue weighted by molar-refractivity contribution is 0.405. The summed E-state index contributed by atoms with van der Waals surface area (Å²) in [5.41, 5.74) is 7.21. The Bertz CT molecular complexity index is 313. The molecule has 4 N–H and O–H groups in total. The fourth-order valence-electron chi connectivity index (χ4n) is 1.32. The van der Waals surface area contributed by atoms with Crippen molar-refractivity contribution in [2.75, 3.05) is 38.2 Å². The molecule has 1 rings (SSSR count). The molecule has 0 aliphatic carbocycles. The molecule has 1 aromatic rings. The van der Waals surface area contributed by atoms with E-state index in [4.69, 9.17) is 5.73 Å². The molecule has 0 spiro atoms. The van der Waals surface area contributed by atoms with Gasteiger partial charge in [-0.2, -0.15) is 0 Å². The third kappa shape index (κ3) is 4.08. The predicted molar refractivity (Wildman–Crippen MR) is 64.2 cm³/mol. The minimum absolute atomic E-state index is 0.235. The Morgan fingerprint density at radius 3 is 2.80 bits per heavy atom. The number of hydrogen-bond donors (Lipinski definition) is 3. The van der Waals surface area contributed by atoms with Crippen LogP contribution in [-0.4, -0.2) is 37.2 Å². The lowest BCUT2D eigenvalue weighted by Gasteiger charge is -2.12. The summed E-state index contributed by atoms with van der Waals surface area (Å²) in [5, 5.41) is 12.5. The second-order valence-corrected chi connectivity index (χ2v) is 3.86. The molecule has 0 heterocycles. The van der Waals surface area contributed by atoms with E-state index in [-0.39, 0.29) is 5.75 Å². The van der Waals surface area contributed by atoms with Crippen molar-refractivity contribution in [1.29, 1.82) is 0 Å². The average molecular weight is 209 g/mol. The SMILES string of the molecule is CN(C)CCCNc1cc(O)ccc1N. The fourth-order valence-corrected chi connectivity index (χ4v) is 1.32. The Morgan fingerprint density at radius 1 is 1.40 bits per heavy atom. The molecule has 0 unspecified atom stereocenters. The standard InChI is InChI=1S/C11H19N3O/c1-14(2)7-3-6-13-11-8-9(15)4-5-10(11)12/h4-5,8,13,15H,3,6-7,12H2,1-2H3. The molecule has 0 aliphatic heterocycles. The lowest BCUT2D eigenvalue weighted by Crippen LogP contribution is -2.16. The van der Waals surface area contributed by atoms with Crippen LogP contribution in [0.15, 0.2) is 18.2 Å². The molecule has 0 saturated heterocycles. The maximum Gasteiger partial charge on any atom is 0.117 e. The number of phenols is 1. The van der Waals surface area contributed by atoms with Crippen molar-refractivity contribution in [3.63, 3.8) is 0 Å². The maximum atomic E-state index is 9.28. The van der Waals surface area contributed by atoms with Gasteiger partial charge in [0.15, 0.2) is 0 Å². The number of nitrogen functional groups attached to an aromatic ring is 1. The van der Waals surface area contributed by atoms with Gasteiger partial charge in [-0.3, -0.25) is 0 Å². The molecule has 0 bridgehead atoms. The van der Waals surface area contributed by atoms with Crippen LogP contribution >= 0.6 is 0 Å². The van der Waals surface area contributed by atoms with Gasteiger partial charge in [0.25, 0.3) is 0 Å². The molecular weight excluding hydrogens is 190 g/mol. The number of rotatable bonds is 5. The summed E-state index contributed by atoms with van der Waals surface area (Å²) in [6, 6.07) is 4.93. The molecule has 0 atom stereocenters. The highest BCUT2D eigenvalue weighted by atomic mass is 16.3. The van der Waals surface area contributed by atoms with E-state index in [1.165, 1.54) is 0 Å². The van der Waals surface area contributed by atoms with Crippen LogP contribution in [0.5, 0.6) is 5.75 Å². The molecule has 1 aromatic carbocycles. The smallest absolute Gasteiger partial charge is 0.117 e. The van der Waals surface area contributed by atoms with Gasteiger partial charge in [0, 0.05) is 12.6 Å². The molecule has 0 aliphatic rings. The molecule has 0 amide bonds. The van der Waals surface area contributed by atoms with Crippen molar-refractivity contribution >= 4 is 11.4 Å². The van der Waals surface area contributed by atoms with Crippen LogP contribution in [0.4, 0.5) is 11.4 Å². The summed E-state index contributed by atoms with van der Waals surface area (Å²) in [6.07, 6.45) is 1.04. The molecular formula is C11H19N3O. The van der Waals surface area contributed by atoms with E-state index in [2.05, 4.69) is 10.2 Å². The number of benzene rings is 1. The number of phenolic OH excluding ortho intramolecular Hbond substituents is 1. The summed E-state index contributed by atoms with van der Waals surface area (Å²) in [6.45, 7) is 1.89. The number of anilines is 2. The van der Waals surface area contributed by atoms with E-state index in [9.17, 15) is 5.11 Å². The van der Waals surface area contributed by atoms with Crippen LogP contribution in [0.2, 0.25) is 0 Å². The number of aromatic hydroxyl groups is 1. The highest BCUT2D eigenvalue weighted by molar-refractivity contribution is 5.67. The zero-order valence-corrected chi connectivity index (χ0v) is 9.33. The zero-order chi connectivity index (χ0) is 11.3. The van der Waals surface area contributed by atoms with Gasteiger partial charge in [0.05, 0.1) is 11.4 Å². The summed E-state index contributed by atoms with van der Waals surface area (Å²) < 4.78 is 0. The summed E-state index contributed by atoms with van der Waals surface area (Å²) in [5.74, 6) is 0.235. The van der Waals surface area contributed by atoms with E-state index in [1.54, 1.807) is 18.2 Å². The summed E-state index contributed by atoms with van der Waals surface area (Å²) in [7, 11) is 4.09. The number of nitrogens with one attached hydrogen (secondary N) is 1. The van der Waals surface area contributed by atoms with Gasteiger partial charge in [-0.05, 0) is 39.2 Å². The zero-order valence-electron chi connectivity index (χ0n) is 9.33. The van der Waals surface area contributed by atoms with Crippen LogP contribution in [0.3, 0.4) is 0 Å². The molecule has 4 nitrogen and oxygen atoms in total. The highest BCUT2D eigenvalue weighted by Crippen LogP contribution is 2.23. The minimum Gasteiger partial charge on any atom is -0.508 e. The van der Waals surface area contributed by atoms with Gasteiger partial charge < -0.3 is 21.1 Å². The first-order chi connectivity index (χ1) is 7.09. The lowest BCUT2D eigenvalue weighted by atomic mass is 10.2. The van der Waals surface area contributed by atoms with Crippen LogP contribution < -0.4 is 11.1 Å². The molecule has 15 heavy (non-hydrogen) atoms. The van der Waals surface area contributed by atoms with Crippen molar-refractivity contribution in [3.8, 4) is 5.75 Å². The molecule has 84 valence electrons. The van der Waals surface area contributed by atoms with Crippen molar-refractivity contribution in [1.82, 2.24) is 4.90 Å². The van der Waals surface area contributed by atoms with Crippen LogP contribution in [0.25, 0.3) is 0 Å². The summed E-state index contributed by atoms with van der Waals surface area (Å²) >= 11 is 0. The topological polar surface area (TPSA) is 61.5 Å². The monoisotopic (exact) mass is 209 g/mol. The van der Waals surface area contributed by atoms with Crippen molar-refractivity contribution in [2.24, 2.45) is 0 Å². The Balaban J connectivity index is 2.40. The first-order valence-electron chi connectivity index (χ1n) is 5.06. The Hall–Kier alpha value is -1.42. The Kier molecular flexibility index (Phi) is 4.24. The largest absolute Gasteiger partial charge is 0.508 e. The van der Waals surface area contributed by atoms with Gasteiger partial charge in [-0.15, -0.1) is 0 Å². The normalized spacial score (nSPS) is 10.6. The predicted octanol–water partition coefficient (Wildman–Crippen LogP) is 1.34. The number of hydrogen-bond acceptors (Lipinski definition) is 4. The van der Waals surface area contributed by atoms with Crippen molar-refractivity contribution in [2.45, 2.75) is 6.42 Å². The van der Waals surface area contributed by atoms with Crippen LogP contribution in [0.1, 0.15) is 6.42 Å². The quantitative estimate of drug-likeness (QED) is 0.389. The van der Waals surface area contributed by atoms with Gasteiger partial charge in [0.2, 0.25) is 0 Å². The van der Waals surface area contributed by atoms with E-state index in [0.29, 0.717) is 5.69 Å². The molecule has 0 fully saturated rings. The van der Waals surface area contributed by atoms with E-state index >= 15 is 0 Å². The van der Waals surface area contributed by atoms with Gasteiger partial charge >= 0.3 is 0 Å². The minimum atomic E-state index is 0.235. The third-order valence-electron chi connectivity index (χ3n) is 2.13. The number of nitrogens with zero attached hydrogens (tertiary/aromatic N) is 1. The molecule has 0 radical (unpaired) electrons. The van der Waals surface area contributed by atoms with Crippen LogP contribution in [0, 0.1) is 0 Å². The second kappa shape index (κ2) is 5.46. The highest BCUT2D eigenvalue weighted by Gasteiger charge is 1.99. The average Bonchev–Trinajstić information content (AvgIpc) is 2.17. The second-order valence-electron chi connectivity index (χ2n) is 3.86. The van der Waals surface area contributed by atoms with E-state index in [1.807, 2.05) is 14.1 Å². The van der Waals surface area contributed by atoms with Crippen molar-refractivity contribution < 1.29 is 5.11 Å². The number of nitrogens with two attached hydrogens (primary N) is 1. The first-order valence-corrected chi connectivity index (χ1v) is 5.06.